The molecule has 2 N–H and O–H groups in total. The second-order valence-corrected chi connectivity index (χ2v) is 4.19. The first-order valence-corrected chi connectivity index (χ1v) is 5.31. The lowest BCUT2D eigenvalue weighted by atomic mass is 10.2. The molecule has 0 aliphatic heterocycles. The van der Waals surface area contributed by atoms with Crippen LogP contribution >= 0.6 is 0 Å². The summed E-state index contributed by atoms with van der Waals surface area (Å²) in [7, 11) is -2.92. The zero-order chi connectivity index (χ0) is 11.6. The maximum atomic E-state index is 13.4. The number of ether oxygens (including phenoxy) is 1. The summed E-state index contributed by atoms with van der Waals surface area (Å²) in [6.45, 7) is 0. The number of aldehydes is 1. The number of carbonyl (C=O) groups is 1. The number of hydrogen-bond acceptors (Lipinski definition) is 4. The van der Waals surface area contributed by atoms with Gasteiger partial charge in [-0.3, -0.25) is 4.79 Å². The first kappa shape index (κ1) is 11.6. The fraction of sp³-hybridized carbons (Fsp3) is 0.125. The number of halogens is 1. The van der Waals surface area contributed by atoms with Crippen molar-refractivity contribution < 1.29 is 22.3 Å². The van der Waals surface area contributed by atoms with Crippen molar-refractivity contribution in [2.45, 2.75) is 4.90 Å². The van der Waals surface area contributed by atoms with Gasteiger partial charge in [-0.15, -0.1) is 0 Å². The zero-order valence-corrected chi connectivity index (χ0v) is 8.55. The molecule has 0 bridgehead atoms. The molecule has 0 unspecified atom stereocenters. The van der Waals surface area contributed by atoms with Crippen molar-refractivity contribution in [1.29, 1.82) is 0 Å². The van der Waals surface area contributed by atoms with Gasteiger partial charge in [0.05, 0.1) is 17.6 Å². The van der Waals surface area contributed by atoms with Gasteiger partial charge in [0.2, 0.25) is 10.0 Å². The Hall–Kier alpha value is -1.47. The van der Waals surface area contributed by atoms with E-state index >= 15 is 0 Å². The van der Waals surface area contributed by atoms with E-state index in [0.717, 1.165) is 12.1 Å². The van der Waals surface area contributed by atoms with Crippen LogP contribution in [0.15, 0.2) is 17.0 Å². The molecule has 0 heterocycles. The van der Waals surface area contributed by atoms with Crippen molar-refractivity contribution >= 4 is 16.3 Å². The van der Waals surface area contributed by atoms with E-state index in [0.29, 0.717) is 0 Å². The number of sulfonamides is 1. The van der Waals surface area contributed by atoms with Crippen LogP contribution in [0.1, 0.15) is 10.4 Å². The molecular weight excluding hydrogens is 225 g/mol. The van der Waals surface area contributed by atoms with Gasteiger partial charge in [0, 0.05) is 0 Å². The third kappa shape index (κ3) is 2.13. The van der Waals surface area contributed by atoms with E-state index in [9.17, 15) is 17.6 Å². The first-order chi connectivity index (χ1) is 6.91. The molecule has 5 nitrogen and oxygen atoms in total. The Morgan fingerprint density at radius 2 is 2.07 bits per heavy atom. The normalized spacial score (nSPS) is 11.1. The summed E-state index contributed by atoms with van der Waals surface area (Å²) in [5.41, 5.74) is -0.628. The Bertz CT molecular complexity index is 498. The molecule has 15 heavy (non-hydrogen) atoms. The van der Waals surface area contributed by atoms with Gasteiger partial charge in [-0.1, -0.05) is 0 Å². The van der Waals surface area contributed by atoms with Crippen LogP contribution in [0, 0.1) is 5.82 Å². The highest BCUT2D eigenvalue weighted by molar-refractivity contribution is 7.89. The van der Waals surface area contributed by atoms with Gasteiger partial charge in [0.1, 0.15) is 0 Å². The smallest absolute Gasteiger partial charge is 0.238 e. The Balaban J connectivity index is 3.59. The summed E-state index contributed by atoms with van der Waals surface area (Å²) in [6.07, 6.45) is 0.0809. The molecule has 0 aliphatic rings. The molecule has 0 atom stereocenters. The average Bonchev–Trinajstić information content (AvgIpc) is 2.15. The van der Waals surface area contributed by atoms with Gasteiger partial charge in [0.15, 0.2) is 17.9 Å². The third-order valence-electron chi connectivity index (χ3n) is 1.75. The number of methoxy groups -OCH3 is 1. The van der Waals surface area contributed by atoms with Gasteiger partial charge in [-0.2, -0.15) is 0 Å². The highest BCUT2D eigenvalue weighted by atomic mass is 32.2. The monoisotopic (exact) mass is 233 g/mol. The van der Waals surface area contributed by atoms with Gasteiger partial charge in [-0.05, 0) is 12.1 Å². The Kier molecular flexibility index (Phi) is 3.06. The lowest BCUT2D eigenvalue weighted by Crippen LogP contribution is -2.15. The molecule has 0 spiro atoms. The van der Waals surface area contributed by atoms with Crippen LogP contribution in [0.2, 0.25) is 0 Å². The number of rotatable bonds is 3. The minimum absolute atomic E-state index is 0.0809. The van der Waals surface area contributed by atoms with E-state index in [4.69, 9.17) is 5.14 Å². The van der Waals surface area contributed by atoms with Crippen molar-refractivity contribution in [2.75, 3.05) is 7.11 Å². The Morgan fingerprint density at radius 1 is 1.47 bits per heavy atom. The van der Waals surface area contributed by atoms with Gasteiger partial charge in [-0.25, -0.2) is 17.9 Å². The summed E-state index contributed by atoms with van der Waals surface area (Å²) >= 11 is 0. The van der Waals surface area contributed by atoms with E-state index in [1.54, 1.807) is 0 Å². The number of benzene rings is 1. The molecule has 0 aromatic heterocycles. The molecule has 1 rings (SSSR count). The molecule has 0 aliphatic carbocycles. The second kappa shape index (κ2) is 3.95. The summed E-state index contributed by atoms with van der Waals surface area (Å²) in [4.78, 5) is 9.99. The van der Waals surface area contributed by atoms with E-state index in [1.807, 2.05) is 0 Å². The topological polar surface area (TPSA) is 86.5 Å². The molecule has 0 fully saturated rings. The van der Waals surface area contributed by atoms with Crippen LogP contribution in [0.25, 0.3) is 0 Å². The minimum atomic E-state index is -4.12. The lowest BCUT2D eigenvalue weighted by Gasteiger charge is -2.06. The number of hydrogen-bond donors (Lipinski definition) is 1. The van der Waals surface area contributed by atoms with Crippen LogP contribution in [0.4, 0.5) is 4.39 Å². The van der Waals surface area contributed by atoms with E-state index in [2.05, 4.69) is 4.74 Å². The molecule has 1 aromatic carbocycles. The van der Waals surface area contributed by atoms with Gasteiger partial charge < -0.3 is 4.74 Å². The fourth-order valence-electron chi connectivity index (χ4n) is 1.07. The standard InChI is InChI=1S/C8H8FNO4S/c1-14-6-2-3-7(15(10,12)13)5(4-11)8(6)9/h2-4H,1H3,(H2,10,12,13). The summed E-state index contributed by atoms with van der Waals surface area (Å²) in [5.74, 6) is -1.26. The van der Waals surface area contributed by atoms with Crippen molar-refractivity contribution in [3.05, 3.63) is 23.5 Å². The molecule has 0 saturated carbocycles. The summed E-state index contributed by atoms with van der Waals surface area (Å²) in [6, 6.07) is 2.10. The quantitative estimate of drug-likeness (QED) is 0.760. The van der Waals surface area contributed by atoms with Crippen molar-refractivity contribution in [2.24, 2.45) is 5.14 Å². The highest BCUT2D eigenvalue weighted by Gasteiger charge is 2.20. The first-order valence-electron chi connectivity index (χ1n) is 3.76. The maximum Gasteiger partial charge on any atom is 0.238 e. The van der Waals surface area contributed by atoms with Crippen molar-refractivity contribution in [3.63, 3.8) is 0 Å². The van der Waals surface area contributed by atoms with Crippen molar-refractivity contribution in [1.82, 2.24) is 0 Å². The maximum absolute atomic E-state index is 13.4. The average molecular weight is 233 g/mol. The van der Waals surface area contributed by atoms with E-state index in [-0.39, 0.29) is 12.0 Å². The fourth-order valence-corrected chi connectivity index (χ4v) is 1.77. The Labute approximate surface area is 85.7 Å². The van der Waals surface area contributed by atoms with Crippen LogP contribution in [0.5, 0.6) is 5.75 Å². The number of primary sulfonamides is 1. The SMILES string of the molecule is COc1ccc(S(N)(=O)=O)c(C=O)c1F. The van der Waals surface area contributed by atoms with Crippen LogP contribution in [-0.2, 0) is 10.0 Å². The van der Waals surface area contributed by atoms with Crippen LogP contribution in [-0.4, -0.2) is 21.8 Å². The number of carbonyl (C=O) groups excluding carboxylic acids is 1. The number of nitrogens with two attached hydrogens (primary N) is 1. The van der Waals surface area contributed by atoms with E-state index in [1.165, 1.54) is 7.11 Å². The molecule has 0 radical (unpaired) electrons. The van der Waals surface area contributed by atoms with Gasteiger partial charge in [0.25, 0.3) is 0 Å². The molecule has 0 saturated heterocycles. The minimum Gasteiger partial charge on any atom is -0.494 e. The van der Waals surface area contributed by atoms with E-state index < -0.39 is 26.3 Å². The Morgan fingerprint density at radius 3 is 2.47 bits per heavy atom. The molecule has 1 aromatic rings. The highest BCUT2D eigenvalue weighted by Crippen LogP contribution is 2.24. The van der Waals surface area contributed by atoms with Crippen LogP contribution < -0.4 is 9.88 Å². The molecule has 7 heteroatoms. The zero-order valence-electron chi connectivity index (χ0n) is 7.73. The largest absolute Gasteiger partial charge is 0.494 e. The van der Waals surface area contributed by atoms with Gasteiger partial charge >= 0.3 is 0 Å². The second-order valence-electron chi connectivity index (χ2n) is 2.66. The molecular formula is C8H8FNO4S. The predicted molar refractivity (Wildman–Crippen MR) is 49.7 cm³/mol. The molecule has 82 valence electrons. The lowest BCUT2D eigenvalue weighted by molar-refractivity contribution is 0.111. The summed E-state index contributed by atoms with van der Waals surface area (Å²) in [5, 5.41) is 4.80. The summed E-state index contributed by atoms with van der Waals surface area (Å²) < 4.78 is 39.9. The predicted octanol–water partition coefficient (Wildman–Crippen LogP) is 0.294. The van der Waals surface area contributed by atoms with Crippen molar-refractivity contribution in [3.8, 4) is 5.75 Å². The molecule has 0 amide bonds. The third-order valence-corrected chi connectivity index (χ3v) is 2.72. The van der Waals surface area contributed by atoms with Crippen LogP contribution in [0.3, 0.4) is 0 Å².